The summed E-state index contributed by atoms with van der Waals surface area (Å²) < 4.78 is 4.86. The van der Waals surface area contributed by atoms with Crippen molar-refractivity contribution in [3.63, 3.8) is 0 Å². The lowest BCUT2D eigenvalue weighted by atomic mass is 10.1. The molecular formula is C13H11N3O3S. The third-order valence-corrected chi connectivity index (χ3v) is 2.66. The smallest absolute Gasteiger partial charge is 0.340 e. The van der Waals surface area contributed by atoms with E-state index in [1.54, 1.807) is 30.6 Å². The highest BCUT2D eigenvalue weighted by atomic mass is 32.1. The van der Waals surface area contributed by atoms with Crippen molar-refractivity contribution in [3.8, 4) is 0 Å². The highest BCUT2D eigenvalue weighted by Gasteiger charge is 2.14. The molecule has 0 fully saturated rings. The molecule has 0 saturated heterocycles. The number of hydrogen-bond donors (Lipinski definition) is 2. The Morgan fingerprint density at radius 1 is 1.45 bits per heavy atom. The molecule has 2 N–H and O–H groups in total. The van der Waals surface area contributed by atoms with Gasteiger partial charge in [0, 0.05) is 18.5 Å². The number of carbonyl (C=O) groups is 1. The van der Waals surface area contributed by atoms with Crippen LogP contribution < -0.4 is 5.56 Å². The van der Waals surface area contributed by atoms with Crippen LogP contribution in [0.25, 0.3) is 11.6 Å². The summed E-state index contributed by atoms with van der Waals surface area (Å²) in [6, 6.07) is 4.76. The Balaban J connectivity index is 2.59. The number of nitrogens with zero attached hydrogens (tertiary/aromatic N) is 1. The van der Waals surface area contributed by atoms with Gasteiger partial charge in [-0.25, -0.2) is 4.79 Å². The molecule has 0 aromatic carbocycles. The number of rotatable bonds is 3. The van der Waals surface area contributed by atoms with Gasteiger partial charge in [0.1, 0.15) is 0 Å². The van der Waals surface area contributed by atoms with Crippen LogP contribution in [-0.4, -0.2) is 28.0 Å². The first-order valence-corrected chi connectivity index (χ1v) is 6.05. The van der Waals surface area contributed by atoms with E-state index in [-0.39, 0.29) is 16.0 Å². The Morgan fingerprint density at radius 3 is 2.85 bits per heavy atom. The zero-order valence-electron chi connectivity index (χ0n) is 10.5. The average molecular weight is 289 g/mol. The largest absolute Gasteiger partial charge is 0.465 e. The number of esters is 1. The second-order valence-corrected chi connectivity index (χ2v) is 4.25. The van der Waals surface area contributed by atoms with Crippen LogP contribution in [0.15, 0.2) is 35.4 Å². The van der Waals surface area contributed by atoms with Crippen molar-refractivity contribution in [1.29, 1.82) is 0 Å². The van der Waals surface area contributed by atoms with E-state index in [0.717, 1.165) is 0 Å². The highest BCUT2D eigenvalue weighted by molar-refractivity contribution is 7.71. The molecule has 0 bridgehead atoms. The van der Waals surface area contributed by atoms with Crippen LogP contribution in [0.2, 0.25) is 0 Å². The van der Waals surface area contributed by atoms with Crippen molar-refractivity contribution < 1.29 is 9.53 Å². The average Bonchev–Trinajstić information content (AvgIpc) is 2.44. The number of aromatic nitrogens is 3. The molecule has 0 saturated carbocycles. The summed E-state index contributed by atoms with van der Waals surface area (Å²) in [5.41, 5.74) is 0.782. The predicted molar refractivity (Wildman–Crippen MR) is 76.4 cm³/mol. The third kappa shape index (κ3) is 3.27. The number of carbonyl (C=O) groups excluding carboxylic acids is 1. The number of methoxy groups -OCH3 is 1. The van der Waals surface area contributed by atoms with Gasteiger partial charge in [0.05, 0.1) is 18.4 Å². The van der Waals surface area contributed by atoms with Crippen LogP contribution in [0.4, 0.5) is 0 Å². The van der Waals surface area contributed by atoms with Crippen LogP contribution in [0.3, 0.4) is 0 Å². The molecule has 0 amide bonds. The van der Waals surface area contributed by atoms with E-state index in [1.807, 2.05) is 0 Å². The topological polar surface area (TPSA) is 87.8 Å². The molecule has 2 rings (SSSR count). The molecule has 0 aliphatic carbocycles. The summed E-state index contributed by atoms with van der Waals surface area (Å²) in [6.07, 6.45) is 4.78. The fourth-order valence-corrected chi connectivity index (χ4v) is 1.81. The molecule has 102 valence electrons. The lowest BCUT2D eigenvalue weighted by molar-refractivity contribution is -0.133. The molecule has 6 nitrogen and oxygen atoms in total. The highest BCUT2D eigenvalue weighted by Crippen LogP contribution is 2.16. The van der Waals surface area contributed by atoms with E-state index in [2.05, 4.69) is 15.0 Å². The third-order valence-electron chi connectivity index (χ3n) is 2.45. The Morgan fingerprint density at radius 2 is 2.25 bits per heavy atom. The maximum absolute atomic E-state index is 11.9. The minimum absolute atomic E-state index is 0.133. The van der Waals surface area contributed by atoms with Crippen molar-refractivity contribution in [2.45, 2.75) is 0 Å². The number of ether oxygens (including phenoxy) is 1. The van der Waals surface area contributed by atoms with Gasteiger partial charge in [-0.1, -0.05) is 6.07 Å². The van der Waals surface area contributed by atoms with Crippen LogP contribution in [0.1, 0.15) is 11.3 Å². The molecule has 2 aromatic rings. The fourth-order valence-electron chi connectivity index (χ4n) is 1.60. The van der Waals surface area contributed by atoms with Gasteiger partial charge >= 0.3 is 5.97 Å². The van der Waals surface area contributed by atoms with E-state index < -0.39 is 11.5 Å². The number of H-pyrrole nitrogens is 2. The molecule has 0 atom stereocenters. The standard InChI is InChI=1S/C13H11N3O3S/c1-19-12(18)9(5-8-3-2-4-14-7-8)10-6-11(17)16-13(20)15-10/h2-7H,1H3,(H2,15,16,17,20)/b9-5-. The zero-order valence-corrected chi connectivity index (χ0v) is 11.4. The van der Waals surface area contributed by atoms with Crippen LogP contribution in [0.5, 0.6) is 0 Å². The molecule has 0 aliphatic heterocycles. The normalized spacial score (nSPS) is 11.2. The van der Waals surface area contributed by atoms with E-state index in [4.69, 9.17) is 17.0 Å². The fraction of sp³-hybridized carbons (Fsp3) is 0.0769. The molecule has 20 heavy (non-hydrogen) atoms. The molecular weight excluding hydrogens is 278 g/mol. The second-order valence-electron chi connectivity index (χ2n) is 3.84. The maximum atomic E-state index is 11.9. The Hall–Kier alpha value is -2.54. The van der Waals surface area contributed by atoms with E-state index in [1.165, 1.54) is 13.2 Å². The van der Waals surface area contributed by atoms with Crippen molar-refractivity contribution in [1.82, 2.24) is 15.0 Å². The molecule has 0 unspecified atom stereocenters. The molecule has 0 spiro atoms. The second kappa shape index (κ2) is 6.07. The Kier molecular flexibility index (Phi) is 4.21. The molecule has 0 radical (unpaired) electrons. The molecule has 7 heteroatoms. The van der Waals surface area contributed by atoms with Crippen LogP contribution in [-0.2, 0) is 9.53 Å². The monoisotopic (exact) mass is 289 g/mol. The molecule has 2 heterocycles. The van der Waals surface area contributed by atoms with Crippen LogP contribution in [0, 0.1) is 4.77 Å². The zero-order chi connectivity index (χ0) is 14.5. The molecule has 2 aromatic heterocycles. The summed E-state index contributed by atoms with van der Waals surface area (Å²) in [5.74, 6) is -0.579. The number of nitrogens with one attached hydrogen (secondary N) is 2. The first-order chi connectivity index (χ1) is 9.60. The quantitative estimate of drug-likeness (QED) is 0.508. The number of aromatic amines is 2. The van der Waals surface area contributed by atoms with Gasteiger partial charge in [0.2, 0.25) is 0 Å². The van der Waals surface area contributed by atoms with Crippen molar-refractivity contribution in [2.75, 3.05) is 7.11 Å². The van der Waals surface area contributed by atoms with Gasteiger partial charge in [-0.15, -0.1) is 0 Å². The SMILES string of the molecule is COC(=O)/C(=C\c1cccnc1)c1cc(=O)[nH]c(=S)[nH]1. The van der Waals surface area contributed by atoms with Crippen molar-refractivity contribution >= 4 is 29.8 Å². The first kappa shape index (κ1) is 13.9. The Bertz CT molecular complexity index is 734. The summed E-state index contributed by atoms with van der Waals surface area (Å²) >= 11 is 4.89. The summed E-state index contributed by atoms with van der Waals surface area (Å²) in [6.45, 7) is 0. The number of hydrogen-bond acceptors (Lipinski definition) is 5. The molecule has 0 aliphatic rings. The van der Waals surface area contributed by atoms with E-state index in [9.17, 15) is 9.59 Å². The lowest BCUT2D eigenvalue weighted by Gasteiger charge is -2.05. The summed E-state index contributed by atoms with van der Waals surface area (Å²) in [4.78, 5) is 32.4. The lowest BCUT2D eigenvalue weighted by Crippen LogP contribution is -2.12. The van der Waals surface area contributed by atoms with Gasteiger partial charge in [0.15, 0.2) is 4.77 Å². The minimum atomic E-state index is -0.579. The van der Waals surface area contributed by atoms with Gasteiger partial charge in [-0.3, -0.25) is 14.8 Å². The van der Waals surface area contributed by atoms with Crippen molar-refractivity contribution in [2.24, 2.45) is 0 Å². The van der Waals surface area contributed by atoms with Gasteiger partial charge in [-0.05, 0) is 29.9 Å². The van der Waals surface area contributed by atoms with Gasteiger partial charge in [-0.2, -0.15) is 0 Å². The van der Waals surface area contributed by atoms with Gasteiger partial charge < -0.3 is 9.72 Å². The number of pyridine rings is 1. The minimum Gasteiger partial charge on any atom is -0.465 e. The summed E-state index contributed by atoms with van der Waals surface area (Å²) in [5, 5.41) is 0. The van der Waals surface area contributed by atoms with E-state index >= 15 is 0 Å². The van der Waals surface area contributed by atoms with Gasteiger partial charge in [0.25, 0.3) is 5.56 Å². The van der Waals surface area contributed by atoms with Crippen LogP contribution >= 0.6 is 12.2 Å². The van der Waals surface area contributed by atoms with Crippen molar-refractivity contribution in [3.05, 3.63) is 57.0 Å². The summed E-state index contributed by atoms with van der Waals surface area (Å²) in [7, 11) is 1.27. The predicted octanol–water partition coefficient (Wildman–Crippen LogP) is 1.54. The van der Waals surface area contributed by atoms with E-state index in [0.29, 0.717) is 5.56 Å². The Labute approximate surface area is 119 Å². The maximum Gasteiger partial charge on any atom is 0.340 e. The first-order valence-electron chi connectivity index (χ1n) is 5.64.